The van der Waals surface area contributed by atoms with E-state index in [0.717, 1.165) is 11.8 Å². The van der Waals surface area contributed by atoms with Gasteiger partial charge >= 0.3 is 0 Å². The van der Waals surface area contributed by atoms with Gasteiger partial charge in [0, 0.05) is 24.8 Å². The highest BCUT2D eigenvalue weighted by molar-refractivity contribution is 5.85. The van der Waals surface area contributed by atoms with E-state index in [-0.39, 0.29) is 31.1 Å². The van der Waals surface area contributed by atoms with Crippen molar-refractivity contribution in [2.75, 3.05) is 6.67 Å². The van der Waals surface area contributed by atoms with Crippen molar-refractivity contribution in [3.8, 4) is 0 Å². The molecule has 0 aliphatic rings. The molecule has 0 saturated carbocycles. The Bertz CT molecular complexity index is 545. The van der Waals surface area contributed by atoms with E-state index < -0.39 is 18.3 Å². The molecule has 0 unspecified atom stereocenters. The molecule has 1 aromatic heterocycles. The van der Waals surface area contributed by atoms with Crippen LogP contribution < -0.4 is 5.32 Å². The first kappa shape index (κ1) is 16.5. The van der Waals surface area contributed by atoms with Gasteiger partial charge in [0.15, 0.2) is 11.6 Å². The molecule has 0 radical (unpaired) electrons. The van der Waals surface area contributed by atoms with Gasteiger partial charge < -0.3 is 5.32 Å². The molecule has 1 heterocycles. The van der Waals surface area contributed by atoms with Crippen LogP contribution in [-0.2, 0) is 19.6 Å². The zero-order valence-electron chi connectivity index (χ0n) is 10.7. The predicted molar refractivity (Wildman–Crippen MR) is 72.4 cm³/mol. The standard InChI is InChI=1S/C13H14F3N3.ClH/c14-5-7-19-11(4-6-18-19)9-17-8-10-2-1-3-12(15)13(10)16;/h1-4,6,17H,5,7-9H2;1H. The molecule has 2 aromatic rings. The second-order valence-electron chi connectivity index (χ2n) is 4.05. The van der Waals surface area contributed by atoms with Gasteiger partial charge in [0.2, 0.25) is 0 Å². The molecule has 0 bridgehead atoms. The zero-order valence-corrected chi connectivity index (χ0v) is 11.5. The number of halogens is 4. The molecule has 3 nitrogen and oxygen atoms in total. The first-order valence-corrected chi connectivity index (χ1v) is 5.92. The van der Waals surface area contributed by atoms with Crippen molar-refractivity contribution in [1.82, 2.24) is 15.1 Å². The summed E-state index contributed by atoms with van der Waals surface area (Å²) in [4.78, 5) is 0. The normalized spacial score (nSPS) is 10.3. The van der Waals surface area contributed by atoms with Crippen LogP contribution in [0, 0.1) is 11.6 Å². The minimum absolute atomic E-state index is 0. The van der Waals surface area contributed by atoms with Crippen molar-refractivity contribution < 1.29 is 13.2 Å². The maximum atomic E-state index is 13.4. The Morgan fingerprint density at radius 3 is 2.70 bits per heavy atom. The van der Waals surface area contributed by atoms with E-state index in [9.17, 15) is 13.2 Å². The van der Waals surface area contributed by atoms with Crippen LogP contribution in [0.15, 0.2) is 30.5 Å². The molecule has 1 aromatic carbocycles. The monoisotopic (exact) mass is 305 g/mol. The average molecular weight is 306 g/mol. The molecule has 0 aliphatic carbocycles. The second-order valence-corrected chi connectivity index (χ2v) is 4.05. The highest BCUT2D eigenvalue weighted by Gasteiger charge is 2.07. The van der Waals surface area contributed by atoms with Gasteiger partial charge in [0.1, 0.15) is 6.67 Å². The lowest BCUT2D eigenvalue weighted by Gasteiger charge is -2.08. The Labute approximate surface area is 121 Å². The smallest absolute Gasteiger partial charge is 0.163 e. The van der Waals surface area contributed by atoms with Crippen LogP contribution in [0.2, 0.25) is 0 Å². The third kappa shape index (κ3) is 3.98. The third-order valence-corrected chi connectivity index (χ3v) is 2.75. The van der Waals surface area contributed by atoms with Gasteiger partial charge in [0.05, 0.1) is 12.2 Å². The number of rotatable bonds is 6. The first-order chi connectivity index (χ1) is 9.22. The lowest BCUT2D eigenvalue weighted by Crippen LogP contribution is -2.18. The largest absolute Gasteiger partial charge is 0.307 e. The fraction of sp³-hybridized carbons (Fsp3) is 0.308. The molecule has 0 saturated heterocycles. The molecular weight excluding hydrogens is 291 g/mol. The van der Waals surface area contributed by atoms with Gasteiger partial charge in [-0.1, -0.05) is 12.1 Å². The fourth-order valence-electron chi connectivity index (χ4n) is 1.80. The summed E-state index contributed by atoms with van der Waals surface area (Å²) in [5.74, 6) is -1.70. The molecule has 0 aliphatic heterocycles. The first-order valence-electron chi connectivity index (χ1n) is 5.92. The van der Waals surface area contributed by atoms with Gasteiger partial charge in [0.25, 0.3) is 0 Å². The lowest BCUT2D eigenvalue weighted by atomic mass is 10.2. The van der Waals surface area contributed by atoms with E-state index in [1.807, 2.05) is 0 Å². The number of hydrogen-bond donors (Lipinski definition) is 1. The Morgan fingerprint density at radius 2 is 1.95 bits per heavy atom. The molecule has 0 amide bonds. The Morgan fingerprint density at radius 1 is 1.15 bits per heavy atom. The van der Waals surface area contributed by atoms with Crippen molar-refractivity contribution >= 4 is 12.4 Å². The Kier molecular flexibility index (Phi) is 6.54. The Balaban J connectivity index is 0.00000200. The summed E-state index contributed by atoms with van der Waals surface area (Å²) in [6.45, 7) is 0.311. The summed E-state index contributed by atoms with van der Waals surface area (Å²) in [6, 6.07) is 5.81. The number of nitrogens with zero attached hydrogens (tertiary/aromatic N) is 2. The summed E-state index contributed by atoms with van der Waals surface area (Å²) < 4.78 is 40.2. The highest BCUT2D eigenvalue weighted by Crippen LogP contribution is 2.11. The minimum atomic E-state index is -0.859. The maximum Gasteiger partial charge on any atom is 0.163 e. The number of aromatic nitrogens is 2. The number of alkyl halides is 1. The molecule has 110 valence electrons. The summed E-state index contributed by atoms with van der Waals surface area (Å²) >= 11 is 0. The maximum absolute atomic E-state index is 13.4. The zero-order chi connectivity index (χ0) is 13.7. The van der Waals surface area contributed by atoms with Crippen LogP contribution in [-0.4, -0.2) is 16.5 Å². The van der Waals surface area contributed by atoms with Crippen LogP contribution in [0.25, 0.3) is 0 Å². The van der Waals surface area contributed by atoms with Crippen LogP contribution in [0.4, 0.5) is 13.2 Å². The van der Waals surface area contributed by atoms with E-state index in [4.69, 9.17) is 0 Å². The quantitative estimate of drug-likeness (QED) is 0.889. The van der Waals surface area contributed by atoms with Crippen molar-refractivity contribution in [2.24, 2.45) is 0 Å². The van der Waals surface area contributed by atoms with Gasteiger partial charge in [-0.3, -0.25) is 4.68 Å². The third-order valence-electron chi connectivity index (χ3n) is 2.75. The topological polar surface area (TPSA) is 29.9 Å². The lowest BCUT2D eigenvalue weighted by molar-refractivity contribution is 0.416. The van der Waals surface area contributed by atoms with E-state index >= 15 is 0 Å². The van der Waals surface area contributed by atoms with Crippen molar-refractivity contribution in [2.45, 2.75) is 19.6 Å². The molecule has 2 rings (SSSR count). The number of benzene rings is 1. The Hall–Kier alpha value is -1.53. The van der Waals surface area contributed by atoms with Gasteiger partial charge in [-0.05, 0) is 12.1 Å². The van der Waals surface area contributed by atoms with Gasteiger partial charge in [-0.2, -0.15) is 5.10 Å². The van der Waals surface area contributed by atoms with E-state index in [0.29, 0.717) is 6.54 Å². The molecule has 0 spiro atoms. The minimum Gasteiger partial charge on any atom is -0.307 e. The molecule has 1 N–H and O–H groups in total. The number of hydrogen-bond acceptors (Lipinski definition) is 2. The van der Waals surface area contributed by atoms with Gasteiger partial charge in [-0.25, -0.2) is 13.2 Å². The molecule has 7 heteroatoms. The van der Waals surface area contributed by atoms with Crippen molar-refractivity contribution in [1.29, 1.82) is 0 Å². The van der Waals surface area contributed by atoms with E-state index in [1.54, 1.807) is 12.3 Å². The van der Waals surface area contributed by atoms with Crippen LogP contribution in [0.5, 0.6) is 0 Å². The van der Waals surface area contributed by atoms with Gasteiger partial charge in [-0.15, -0.1) is 12.4 Å². The highest BCUT2D eigenvalue weighted by atomic mass is 35.5. The molecule has 0 fully saturated rings. The van der Waals surface area contributed by atoms with E-state index in [2.05, 4.69) is 10.4 Å². The number of aryl methyl sites for hydroxylation is 1. The summed E-state index contributed by atoms with van der Waals surface area (Å²) in [6.07, 6.45) is 1.58. The SMILES string of the molecule is Cl.FCCn1nccc1CNCc1cccc(F)c1F. The van der Waals surface area contributed by atoms with Crippen LogP contribution >= 0.6 is 12.4 Å². The molecular formula is C13H15ClF3N3. The predicted octanol–water partition coefficient (Wildman–Crippen LogP) is 2.84. The molecule has 20 heavy (non-hydrogen) atoms. The van der Waals surface area contributed by atoms with Crippen LogP contribution in [0.1, 0.15) is 11.3 Å². The summed E-state index contributed by atoms with van der Waals surface area (Å²) in [5, 5.41) is 6.95. The van der Waals surface area contributed by atoms with Crippen molar-refractivity contribution in [3.05, 3.63) is 53.4 Å². The summed E-state index contributed by atoms with van der Waals surface area (Å²) in [7, 11) is 0. The fourth-order valence-corrected chi connectivity index (χ4v) is 1.80. The van der Waals surface area contributed by atoms with Crippen molar-refractivity contribution in [3.63, 3.8) is 0 Å². The van der Waals surface area contributed by atoms with Crippen LogP contribution in [0.3, 0.4) is 0 Å². The second kappa shape index (κ2) is 7.91. The molecule has 0 atom stereocenters. The van der Waals surface area contributed by atoms with E-state index in [1.165, 1.54) is 16.8 Å². The average Bonchev–Trinajstić information content (AvgIpc) is 2.83. The number of nitrogens with one attached hydrogen (secondary N) is 1. The summed E-state index contributed by atoms with van der Waals surface area (Å²) in [5.41, 5.74) is 1.06.